The van der Waals surface area contributed by atoms with Crippen molar-refractivity contribution in [2.24, 2.45) is 5.92 Å². The summed E-state index contributed by atoms with van der Waals surface area (Å²) in [6, 6.07) is 5.75. The van der Waals surface area contributed by atoms with Crippen LogP contribution in [0, 0.1) is 5.92 Å². The van der Waals surface area contributed by atoms with E-state index in [4.69, 9.17) is 9.47 Å². The molecule has 0 spiro atoms. The standard InChI is InChI=1S/C16H24N2O4S/c1-13-5-8-18(9-6-13)23(19,20)17-7-4-14-2-3-15-16(12-14)22-11-10-21-15/h2-3,12-13,17H,4-11H2,1H3. The lowest BCUT2D eigenvalue weighted by atomic mass is 10.0. The molecule has 0 aromatic heterocycles. The number of rotatable bonds is 5. The molecule has 0 atom stereocenters. The Kier molecular flexibility index (Phi) is 5.08. The van der Waals surface area contributed by atoms with E-state index >= 15 is 0 Å². The minimum Gasteiger partial charge on any atom is -0.486 e. The maximum atomic E-state index is 12.3. The van der Waals surface area contributed by atoms with Crippen LogP contribution in [0.5, 0.6) is 11.5 Å². The van der Waals surface area contributed by atoms with Crippen LogP contribution in [0.3, 0.4) is 0 Å². The lowest BCUT2D eigenvalue weighted by Gasteiger charge is -2.29. The molecule has 1 fully saturated rings. The SMILES string of the molecule is CC1CCN(S(=O)(=O)NCCc2ccc3c(c2)OCCO3)CC1. The first-order valence-electron chi connectivity index (χ1n) is 8.18. The van der Waals surface area contributed by atoms with Crippen molar-refractivity contribution in [1.82, 2.24) is 9.03 Å². The fraction of sp³-hybridized carbons (Fsp3) is 0.625. The van der Waals surface area contributed by atoms with Gasteiger partial charge in [-0.15, -0.1) is 0 Å². The maximum absolute atomic E-state index is 12.3. The summed E-state index contributed by atoms with van der Waals surface area (Å²) in [7, 11) is -3.37. The van der Waals surface area contributed by atoms with Gasteiger partial charge < -0.3 is 9.47 Å². The highest BCUT2D eigenvalue weighted by Gasteiger charge is 2.25. The second-order valence-electron chi connectivity index (χ2n) is 6.21. The van der Waals surface area contributed by atoms with Gasteiger partial charge in [0.1, 0.15) is 13.2 Å². The molecule has 1 aromatic carbocycles. The van der Waals surface area contributed by atoms with Crippen LogP contribution in [0.1, 0.15) is 25.3 Å². The van der Waals surface area contributed by atoms with Crippen LogP contribution in [0.15, 0.2) is 18.2 Å². The number of piperidine rings is 1. The number of benzene rings is 1. The summed E-state index contributed by atoms with van der Waals surface area (Å²) >= 11 is 0. The lowest BCUT2D eigenvalue weighted by Crippen LogP contribution is -2.45. The molecule has 2 aliphatic rings. The molecule has 0 amide bonds. The fourth-order valence-electron chi connectivity index (χ4n) is 2.88. The van der Waals surface area contributed by atoms with Crippen molar-refractivity contribution in [1.29, 1.82) is 0 Å². The Morgan fingerprint density at radius 2 is 1.87 bits per heavy atom. The second-order valence-corrected chi connectivity index (χ2v) is 7.96. The largest absolute Gasteiger partial charge is 0.486 e. The third-order valence-corrected chi connectivity index (χ3v) is 6.00. The van der Waals surface area contributed by atoms with E-state index in [0.717, 1.165) is 29.9 Å². The van der Waals surface area contributed by atoms with Crippen LogP contribution < -0.4 is 14.2 Å². The summed E-state index contributed by atoms with van der Waals surface area (Å²) in [4.78, 5) is 0. The van der Waals surface area contributed by atoms with Gasteiger partial charge in [0.25, 0.3) is 10.2 Å². The summed E-state index contributed by atoms with van der Waals surface area (Å²) < 4.78 is 39.8. The summed E-state index contributed by atoms with van der Waals surface area (Å²) in [5.41, 5.74) is 1.03. The van der Waals surface area contributed by atoms with E-state index in [0.29, 0.717) is 45.2 Å². The van der Waals surface area contributed by atoms with Crippen LogP contribution in [0.2, 0.25) is 0 Å². The average Bonchev–Trinajstić information content (AvgIpc) is 2.55. The van der Waals surface area contributed by atoms with Gasteiger partial charge in [-0.1, -0.05) is 13.0 Å². The summed E-state index contributed by atoms with van der Waals surface area (Å²) in [5, 5.41) is 0. The average molecular weight is 340 g/mol. The van der Waals surface area contributed by atoms with Crippen molar-refractivity contribution in [2.45, 2.75) is 26.2 Å². The zero-order valence-corrected chi connectivity index (χ0v) is 14.3. The lowest BCUT2D eigenvalue weighted by molar-refractivity contribution is 0.171. The Labute approximate surface area is 138 Å². The molecule has 2 heterocycles. The van der Waals surface area contributed by atoms with Gasteiger partial charge in [-0.25, -0.2) is 4.72 Å². The zero-order chi connectivity index (χ0) is 16.3. The van der Waals surface area contributed by atoms with Crippen molar-refractivity contribution in [3.63, 3.8) is 0 Å². The molecule has 0 radical (unpaired) electrons. The Morgan fingerprint density at radius 3 is 2.61 bits per heavy atom. The highest BCUT2D eigenvalue weighted by atomic mass is 32.2. The smallest absolute Gasteiger partial charge is 0.279 e. The normalized spacial score (nSPS) is 19.7. The quantitative estimate of drug-likeness (QED) is 0.883. The van der Waals surface area contributed by atoms with E-state index in [2.05, 4.69) is 11.6 Å². The van der Waals surface area contributed by atoms with Gasteiger partial charge in [-0.3, -0.25) is 0 Å². The molecule has 0 aliphatic carbocycles. The molecule has 2 aliphatic heterocycles. The van der Waals surface area contributed by atoms with Crippen molar-refractivity contribution in [3.8, 4) is 11.5 Å². The number of hydrogen-bond acceptors (Lipinski definition) is 4. The van der Waals surface area contributed by atoms with Gasteiger partial charge in [-0.2, -0.15) is 12.7 Å². The van der Waals surface area contributed by atoms with Crippen LogP contribution in [0.4, 0.5) is 0 Å². The molecule has 3 rings (SSSR count). The van der Waals surface area contributed by atoms with Crippen molar-refractivity contribution in [3.05, 3.63) is 23.8 Å². The first kappa shape index (κ1) is 16.5. The van der Waals surface area contributed by atoms with Crippen LogP contribution in [-0.4, -0.2) is 45.6 Å². The number of nitrogens with zero attached hydrogens (tertiary/aromatic N) is 1. The number of nitrogens with one attached hydrogen (secondary N) is 1. The molecule has 23 heavy (non-hydrogen) atoms. The molecule has 1 saturated heterocycles. The molecule has 128 valence electrons. The van der Waals surface area contributed by atoms with Crippen molar-refractivity contribution >= 4 is 10.2 Å². The maximum Gasteiger partial charge on any atom is 0.279 e. The zero-order valence-electron chi connectivity index (χ0n) is 13.5. The van der Waals surface area contributed by atoms with E-state index in [1.54, 1.807) is 4.31 Å². The van der Waals surface area contributed by atoms with Gasteiger partial charge in [0.05, 0.1) is 0 Å². The molecule has 0 saturated carbocycles. The molecular weight excluding hydrogens is 316 g/mol. The summed E-state index contributed by atoms with van der Waals surface area (Å²) in [6.45, 7) is 4.89. The van der Waals surface area contributed by atoms with Gasteiger partial charge in [0, 0.05) is 19.6 Å². The van der Waals surface area contributed by atoms with Crippen molar-refractivity contribution in [2.75, 3.05) is 32.8 Å². The third-order valence-electron chi connectivity index (χ3n) is 4.39. The molecule has 7 heteroatoms. The van der Waals surface area contributed by atoms with E-state index < -0.39 is 10.2 Å². The minimum absolute atomic E-state index is 0.383. The van der Waals surface area contributed by atoms with Gasteiger partial charge in [-0.05, 0) is 42.9 Å². The topological polar surface area (TPSA) is 67.9 Å². The van der Waals surface area contributed by atoms with Gasteiger partial charge in [0.2, 0.25) is 0 Å². The number of fused-ring (bicyclic) bond motifs is 1. The molecule has 0 unspecified atom stereocenters. The van der Waals surface area contributed by atoms with Crippen LogP contribution >= 0.6 is 0 Å². The molecule has 1 N–H and O–H groups in total. The van der Waals surface area contributed by atoms with Crippen LogP contribution in [-0.2, 0) is 16.6 Å². The highest BCUT2D eigenvalue weighted by Crippen LogP contribution is 2.30. The first-order valence-corrected chi connectivity index (χ1v) is 9.62. The highest BCUT2D eigenvalue weighted by molar-refractivity contribution is 7.87. The molecule has 6 nitrogen and oxygen atoms in total. The van der Waals surface area contributed by atoms with Gasteiger partial charge >= 0.3 is 0 Å². The number of ether oxygens (including phenoxy) is 2. The molecule has 1 aromatic rings. The predicted molar refractivity (Wildman–Crippen MR) is 88.0 cm³/mol. The third kappa shape index (κ3) is 4.16. The monoisotopic (exact) mass is 340 g/mol. The Balaban J connectivity index is 1.52. The van der Waals surface area contributed by atoms with Crippen LogP contribution in [0.25, 0.3) is 0 Å². The van der Waals surface area contributed by atoms with Crippen molar-refractivity contribution < 1.29 is 17.9 Å². The Morgan fingerprint density at radius 1 is 1.17 bits per heavy atom. The fourth-order valence-corrected chi connectivity index (χ4v) is 4.12. The summed E-state index contributed by atoms with van der Waals surface area (Å²) in [6.07, 6.45) is 2.49. The van der Waals surface area contributed by atoms with E-state index in [-0.39, 0.29) is 0 Å². The van der Waals surface area contributed by atoms with E-state index in [1.807, 2.05) is 18.2 Å². The van der Waals surface area contributed by atoms with E-state index in [1.165, 1.54) is 0 Å². The Bertz CT molecular complexity index is 639. The molecular formula is C16H24N2O4S. The predicted octanol–water partition coefficient (Wildman–Crippen LogP) is 1.57. The molecule has 0 bridgehead atoms. The summed E-state index contributed by atoms with van der Waals surface area (Å²) in [5.74, 6) is 2.10. The number of hydrogen-bond donors (Lipinski definition) is 1. The van der Waals surface area contributed by atoms with E-state index in [9.17, 15) is 8.42 Å². The minimum atomic E-state index is -3.37. The van der Waals surface area contributed by atoms with Gasteiger partial charge in [0.15, 0.2) is 11.5 Å². The first-order chi connectivity index (χ1) is 11.0. The Hall–Kier alpha value is -1.31. The second kappa shape index (κ2) is 7.07.